The van der Waals surface area contributed by atoms with E-state index in [1.807, 2.05) is 0 Å². The summed E-state index contributed by atoms with van der Waals surface area (Å²) in [5, 5.41) is 2.35. The number of ether oxygens (including phenoxy) is 5. The van der Waals surface area contributed by atoms with Crippen molar-refractivity contribution in [2.45, 2.75) is 45.4 Å². The average Bonchev–Trinajstić information content (AvgIpc) is 3.07. The molecule has 47 heavy (non-hydrogen) atoms. The van der Waals surface area contributed by atoms with Crippen LogP contribution in [0.4, 0.5) is 8.78 Å². The molecule has 3 aromatic rings. The van der Waals surface area contributed by atoms with Gasteiger partial charge in [0.1, 0.15) is 30.3 Å². The maximum Gasteiger partial charge on any atom is 0.346 e. The van der Waals surface area contributed by atoms with Crippen LogP contribution in [0.25, 0.3) is 0 Å². The summed E-state index contributed by atoms with van der Waals surface area (Å²) in [5.74, 6) is -9.29. The first kappa shape index (κ1) is 34.5. The fraction of sp³-hybridized carbons (Fsp3) is 0.333. The normalized spacial score (nSPS) is 19.7. The van der Waals surface area contributed by atoms with Crippen molar-refractivity contribution >= 4 is 29.8 Å². The lowest BCUT2D eigenvalue weighted by atomic mass is 9.91. The highest BCUT2D eigenvalue weighted by atomic mass is 19.1. The maximum atomic E-state index is 14.3. The lowest BCUT2D eigenvalue weighted by molar-refractivity contribution is -0.176. The van der Waals surface area contributed by atoms with Gasteiger partial charge in [0.05, 0.1) is 18.6 Å². The van der Waals surface area contributed by atoms with Crippen LogP contribution in [0.3, 0.4) is 0 Å². The summed E-state index contributed by atoms with van der Waals surface area (Å²) in [6, 6.07) is 10.7. The minimum absolute atomic E-state index is 0.0890. The molecule has 12 nitrogen and oxygen atoms in total. The van der Waals surface area contributed by atoms with Gasteiger partial charge in [0.2, 0.25) is 5.75 Å². The zero-order valence-corrected chi connectivity index (χ0v) is 25.9. The van der Waals surface area contributed by atoms with E-state index in [1.54, 1.807) is 44.2 Å². The van der Waals surface area contributed by atoms with Gasteiger partial charge in [-0.3, -0.25) is 14.4 Å². The topological polar surface area (TPSA) is 156 Å². The first-order valence-electron chi connectivity index (χ1n) is 14.5. The summed E-state index contributed by atoms with van der Waals surface area (Å²) < 4.78 is 54.8. The quantitative estimate of drug-likeness (QED) is 0.266. The van der Waals surface area contributed by atoms with Gasteiger partial charge in [-0.15, -0.1) is 0 Å². The Balaban J connectivity index is 1.60. The smallest absolute Gasteiger partial charge is 0.346 e. The van der Waals surface area contributed by atoms with Crippen LogP contribution in [0.1, 0.15) is 47.2 Å². The maximum absolute atomic E-state index is 14.3. The third-order valence-electron chi connectivity index (χ3n) is 7.12. The zero-order valence-electron chi connectivity index (χ0n) is 25.9. The van der Waals surface area contributed by atoms with Crippen LogP contribution in [0.2, 0.25) is 0 Å². The van der Waals surface area contributed by atoms with Crippen molar-refractivity contribution in [2.75, 3.05) is 13.7 Å². The molecule has 4 rings (SSSR count). The summed E-state index contributed by atoms with van der Waals surface area (Å²) in [7, 11) is 1.21. The van der Waals surface area contributed by atoms with E-state index in [0.717, 1.165) is 23.9 Å². The van der Waals surface area contributed by atoms with Gasteiger partial charge in [0.25, 0.3) is 5.91 Å². The zero-order chi connectivity index (χ0) is 34.2. The van der Waals surface area contributed by atoms with Crippen molar-refractivity contribution < 1.29 is 56.4 Å². The van der Waals surface area contributed by atoms with Crippen LogP contribution < -0.4 is 14.8 Å². The minimum Gasteiger partial charge on any atom is -0.493 e. The van der Waals surface area contributed by atoms with Crippen LogP contribution >= 0.6 is 0 Å². The molecule has 1 saturated heterocycles. The molecule has 2 aromatic carbocycles. The second-order valence-corrected chi connectivity index (χ2v) is 10.9. The van der Waals surface area contributed by atoms with Gasteiger partial charge in [-0.1, -0.05) is 44.2 Å². The fourth-order valence-corrected chi connectivity index (χ4v) is 4.63. The molecule has 0 aliphatic carbocycles. The van der Waals surface area contributed by atoms with Crippen LogP contribution in [-0.2, 0) is 35.0 Å². The van der Waals surface area contributed by atoms with E-state index < -0.39 is 95.1 Å². The Morgan fingerprint density at radius 1 is 1.04 bits per heavy atom. The molecule has 248 valence electrons. The Morgan fingerprint density at radius 2 is 1.77 bits per heavy atom. The van der Waals surface area contributed by atoms with Crippen molar-refractivity contribution in [1.29, 1.82) is 0 Å². The molecule has 1 fully saturated rings. The summed E-state index contributed by atoms with van der Waals surface area (Å²) in [4.78, 5) is 69.5. The molecule has 0 saturated carbocycles. The van der Waals surface area contributed by atoms with Crippen LogP contribution in [-0.4, -0.2) is 66.7 Å². The molecule has 1 aliphatic heterocycles. The van der Waals surface area contributed by atoms with Gasteiger partial charge in [-0.05, 0) is 31.0 Å². The van der Waals surface area contributed by atoms with Crippen molar-refractivity contribution in [1.82, 2.24) is 10.3 Å². The van der Waals surface area contributed by atoms with E-state index in [2.05, 4.69) is 10.3 Å². The number of nitrogens with zero attached hydrogens (tertiary/aromatic N) is 1. The molecule has 1 N–H and O–H groups in total. The number of pyridine rings is 1. The first-order valence-corrected chi connectivity index (χ1v) is 14.5. The Kier molecular flexibility index (Phi) is 11.2. The van der Waals surface area contributed by atoms with Gasteiger partial charge >= 0.3 is 23.9 Å². The average molecular weight is 655 g/mol. The lowest BCUT2D eigenvalue weighted by Crippen LogP contribution is -2.47. The molecular formula is C33H32F2N2O10. The number of cyclic esters (lactones) is 2. The largest absolute Gasteiger partial charge is 0.493 e. The molecule has 0 radical (unpaired) electrons. The van der Waals surface area contributed by atoms with E-state index in [-0.39, 0.29) is 12.2 Å². The second-order valence-electron chi connectivity index (χ2n) is 10.9. The second kappa shape index (κ2) is 15.3. The third kappa shape index (κ3) is 8.45. The molecule has 1 aromatic heterocycles. The van der Waals surface area contributed by atoms with E-state index in [4.69, 9.17) is 23.7 Å². The van der Waals surface area contributed by atoms with Crippen molar-refractivity contribution in [3.05, 3.63) is 89.2 Å². The van der Waals surface area contributed by atoms with Crippen molar-refractivity contribution in [3.63, 3.8) is 0 Å². The van der Waals surface area contributed by atoms with E-state index in [0.29, 0.717) is 6.07 Å². The molecule has 1 amide bonds. The lowest BCUT2D eigenvalue weighted by Gasteiger charge is -2.29. The Bertz CT molecular complexity index is 1650. The van der Waals surface area contributed by atoms with Gasteiger partial charge in [0.15, 0.2) is 23.6 Å². The third-order valence-corrected chi connectivity index (χ3v) is 7.12. The van der Waals surface area contributed by atoms with Gasteiger partial charge in [-0.25, -0.2) is 23.4 Å². The summed E-state index contributed by atoms with van der Waals surface area (Å²) in [6.45, 7) is 3.99. The Hall–Kier alpha value is -5.40. The predicted molar refractivity (Wildman–Crippen MR) is 158 cm³/mol. The number of hydrogen-bond donors (Lipinski definition) is 1. The van der Waals surface area contributed by atoms with Gasteiger partial charge in [0, 0.05) is 18.3 Å². The summed E-state index contributed by atoms with van der Waals surface area (Å²) in [6.07, 6.45) is -1.14. The number of esters is 4. The van der Waals surface area contributed by atoms with Crippen LogP contribution in [0, 0.1) is 23.5 Å². The molecule has 14 heteroatoms. The first-order chi connectivity index (χ1) is 22.4. The SMILES string of the molecule is COc1ccnc(C(=O)NC2COC(=O)[C@H](Cc3ccccc3)C(OC(=O)C(C)C)[C@H](C)OC2=O)c1OC(=O)c1ccc(F)cc1F. The minimum atomic E-state index is -1.59. The number of nitrogens with one attached hydrogen (secondary N) is 1. The van der Waals surface area contributed by atoms with Gasteiger partial charge < -0.3 is 29.0 Å². The molecule has 0 spiro atoms. The monoisotopic (exact) mass is 654 g/mol. The standard InChI is InChI=1S/C33H32F2N2O10/c1-17(2)30(39)46-27-18(3)45-33(42)24(16-44-31(40)22(27)14-19-8-6-5-7-9-19)37-29(38)26-28(25(43-4)12-13-36-26)47-32(41)21-11-10-20(34)15-23(21)35/h5-13,15,17-18,22,24,27H,14,16H2,1-4H3,(H,37,38)/t18-,22+,24?,27?/m0/s1. The summed E-state index contributed by atoms with van der Waals surface area (Å²) in [5.41, 5.74) is -0.463. The molecule has 0 bridgehead atoms. The predicted octanol–water partition coefficient (Wildman–Crippen LogP) is 3.60. The van der Waals surface area contributed by atoms with Crippen LogP contribution in [0.5, 0.6) is 11.5 Å². The van der Waals surface area contributed by atoms with Gasteiger partial charge in [-0.2, -0.15) is 0 Å². The number of amides is 1. The summed E-state index contributed by atoms with van der Waals surface area (Å²) >= 11 is 0. The molecule has 4 atom stereocenters. The van der Waals surface area contributed by atoms with E-state index in [9.17, 15) is 32.8 Å². The van der Waals surface area contributed by atoms with Crippen LogP contribution in [0.15, 0.2) is 60.8 Å². The highest BCUT2D eigenvalue weighted by molar-refractivity contribution is 6.00. The number of benzene rings is 2. The molecule has 2 heterocycles. The van der Waals surface area contributed by atoms with Crippen molar-refractivity contribution in [2.24, 2.45) is 11.8 Å². The molecule has 1 aliphatic rings. The highest BCUT2D eigenvalue weighted by Gasteiger charge is 2.42. The number of rotatable bonds is 9. The molecular weight excluding hydrogens is 622 g/mol. The van der Waals surface area contributed by atoms with E-state index in [1.165, 1.54) is 20.1 Å². The number of halogens is 2. The number of carbonyl (C=O) groups is 5. The van der Waals surface area contributed by atoms with Crippen molar-refractivity contribution in [3.8, 4) is 11.5 Å². The molecule has 2 unspecified atom stereocenters. The number of hydrogen-bond acceptors (Lipinski definition) is 11. The Labute approximate surface area is 268 Å². The van der Waals surface area contributed by atoms with E-state index >= 15 is 0 Å². The Morgan fingerprint density at radius 3 is 2.43 bits per heavy atom. The highest BCUT2D eigenvalue weighted by Crippen LogP contribution is 2.31. The number of carbonyl (C=O) groups excluding carboxylic acids is 5. The number of methoxy groups -OCH3 is 1. The number of aromatic nitrogens is 1. The fourth-order valence-electron chi connectivity index (χ4n) is 4.63.